The van der Waals surface area contributed by atoms with Gasteiger partial charge in [-0.2, -0.15) is 0 Å². The molecule has 1 fully saturated rings. The first-order valence-electron chi connectivity index (χ1n) is 8.48. The molecule has 1 saturated heterocycles. The molecule has 7 heteroatoms. The number of carboxylic acids is 1. The van der Waals surface area contributed by atoms with Crippen LogP contribution in [-0.4, -0.2) is 52.1 Å². The molecule has 1 aliphatic rings. The van der Waals surface area contributed by atoms with E-state index in [9.17, 15) is 19.5 Å². The van der Waals surface area contributed by atoms with Crippen LogP contribution < -0.4 is 0 Å². The zero-order chi connectivity index (χ0) is 19.4. The third kappa shape index (κ3) is 3.76. The molecule has 3 rings (SSSR count). The van der Waals surface area contributed by atoms with Gasteiger partial charge in [0, 0.05) is 13.1 Å². The Labute approximate surface area is 156 Å². The number of rotatable bonds is 6. The van der Waals surface area contributed by atoms with Gasteiger partial charge in [-0.3, -0.25) is 0 Å². The second kappa shape index (κ2) is 7.90. The third-order valence-corrected chi connectivity index (χ3v) is 4.55. The van der Waals surface area contributed by atoms with Crippen molar-refractivity contribution < 1.29 is 24.2 Å². The van der Waals surface area contributed by atoms with Gasteiger partial charge in [-0.25, -0.2) is 14.4 Å². The SMILES string of the molecule is COC(=O)[C@@H]1[C@H](C(=O)O)N(Cc2ccccc2)C(=O)N1Cc1ccccc1. The molecule has 0 bridgehead atoms. The molecule has 0 aliphatic carbocycles. The zero-order valence-electron chi connectivity index (χ0n) is 14.8. The topological polar surface area (TPSA) is 87.1 Å². The normalized spacial score (nSPS) is 19.2. The molecule has 2 aromatic carbocycles. The highest BCUT2D eigenvalue weighted by molar-refractivity contribution is 5.96. The second-order valence-electron chi connectivity index (χ2n) is 6.26. The van der Waals surface area contributed by atoms with Crippen LogP contribution in [0.25, 0.3) is 0 Å². The van der Waals surface area contributed by atoms with Crippen LogP contribution in [0, 0.1) is 0 Å². The maximum atomic E-state index is 13.0. The number of esters is 1. The molecule has 7 nitrogen and oxygen atoms in total. The fraction of sp³-hybridized carbons (Fsp3) is 0.250. The van der Waals surface area contributed by atoms with E-state index in [1.54, 1.807) is 12.1 Å². The molecule has 0 aromatic heterocycles. The lowest BCUT2D eigenvalue weighted by molar-refractivity contribution is -0.153. The van der Waals surface area contributed by atoms with Gasteiger partial charge in [0.05, 0.1) is 7.11 Å². The summed E-state index contributed by atoms with van der Waals surface area (Å²) in [6, 6.07) is 15.1. The van der Waals surface area contributed by atoms with Gasteiger partial charge in [-0.1, -0.05) is 60.7 Å². The van der Waals surface area contributed by atoms with E-state index < -0.39 is 30.1 Å². The molecule has 1 N–H and O–H groups in total. The molecule has 1 aliphatic heterocycles. The predicted molar refractivity (Wildman–Crippen MR) is 96.6 cm³/mol. The number of urea groups is 1. The van der Waals surface area contributed by atoms with Crippen molar-refractivity contribution in [1.29, 1.82) is 0 Å². The minimum Gasteiger partial charge on any atom is -0.480 e. The molecule has 140 valence electrons. The van der Waals surface area contributed by atoms with Crippen LogP contribution in [0.4, 0.5) is 4.79 Å². The number of carbonyl (C=O) groups is 3. The van der Waals surface area contributed by atoms with Crippen LogP contribution in [0.5, 0.6) is 0 Å². The van der Waals surface area contributed by atoms with Crippen LogP contribution in [0.2, 0.25) is 0 Å². The first kappa shape index (κ1) is 18.4. The molecule has 27 heavy (non-hydrogen) atoms. The van der Waals surface area contributed by atoms with E-state index in [0.717, 1.165) is 11.1 Å². The Kier molecular flexibility index (Phi) is 5.40. The van der Waals surface area contributed by atoms with Crippen LogP contribution in [0.3, 0.4) is 0 Å². The Balaban J connectivity index is 1.96. The molecule has 2 amide bonds. The lowest BCUT2D eigenvalue weighted by Gasteiger charge is -2.23. The van der Waals surface area contributed by atoms with E-state index in [4.69, 9.17) is 4.74 Å². The summed E-state index contributed by atoms with van der Waals surface area (Å²) < 4.78 is 4.81. The predicted octanol–water partition coefficient (Wildman–Crippen LogP) is 2.12. The van der Waals surface area contributed by atoms with E-state index in [-0.39, 0.29) is 13.1 Å². The highest BCUT2D eigenvalue weighted by atomic mass is 16.5. The minimum atomic E-state index is -1.33. The van der Waals surface area contributed by atoms with E-state index in [1.807, 2.05) is 48.5 Å². The van der Waals surface area contributed by atoms with Crippen molar-refractivity contribution >= 4 is 18.0 Å². The van der Waals surface area contributed by atoms with E-state index in [0.29, 0.717) is 0 Å². The van der Waals surface area contributed by atoms with Gasteiger partial charge in [0.15, 0.2) is 12.1 Å². The molecule has 2 aromatic rings. The zero-order valence-corrected chi connectivity index (χ0v) is 14.8. The summed E-state index contributed by atoms with van der Waals surface area (Å²) in [7, 11) is 1.19. The first-order chi connectivity index (χ1) is 13.0. The Morgan fingerprint density at radius 2 is 1.33 bits per heavy atom. The van der Waals surface area contributed by atoms with Crippen molar-refractivity contribution in [3.05, 3.63) is 71.8 Å². The summed E-state index contributed by atoms with van der Waals surface area (Å²) in [5.41, 5.74) is 1.58. The Hall–Kier alpha value is -3.35. The number of benzene rings is 2. The molecular formula is C20H20N2O5. The standard InChI is InChI=1S/C20H20N2O5/c1-27-19(25)17-16(18(23)24)21(12-14-8-4-2-5-9-14)20(26)22(17)13-15-10-6-3-7-11-15/h2-11,16-17H,12-13H2,1H3,(H,23,24)/t16-,17+/m1/s1. The van der Waals surface area contributed by atoms with Crippen molar-refractivity contribution in [3.8, 4) is 0 Å². The van der Waals surface area contributed by atoms with Gasteiger partial charge in [-0.15, -0.1) is 0 Å². The van der Waals surface area contributed by atoms with Gasteiger partial charge in [0.1, 0.15) is 0 Å². The number of aliphatic carboxylic acids is 1. The number of carboxylic acid groups (broad SMARTS) is 1. The number of methoxy groups -OCH3 is 1. The quantitative estimate of drug-likeness (QED) is 0.789. The summed E-state index contributed by atoms with van der Waals surface area (Å²) in [6.45, 7) is 0.212. The molecule has 1 heterocycles. The number of hydrogen-bond donors (Lipinski definition) is 1. The Morgan fingerprint density at radius 3 is 1.74 bits per heavy atom. The maximum Gasteiger partial charge on any atom is 0.331 e. The Bertz CT molecular complexity index is 825. The summed E-state index contributed by atoms with van der Waals surface area (Å²) in [5, 5.41) is 9.75. The summed E-state index contributed by atoms with van der Waals surface area (Å²) in [6.07, 6.45) is 0. The molecule has 2 atom stereocenters. The smallest absolute Gasteiger partial charge is 0.331 e. The van der Waals surface area contributed by atoms with Gasteiger partial charge in [-0.05, 0) is 11.1 Å². The first-order valence-corrected chi connectivity index (χ1v) is 8.48. The van der Waals surface area contributed by atoms with Crippen molar-refractivity contribution in [2.45, 2.75) is 25.2 Å². The van der Waals surface area contributed by atoms with Crippen molar-refractivity contribution in [2.75, 3.05) is 7.11 Å². The van der Waals surface area contributed by atoms with Crippen molar-refractivity contribution in [1.82, 2.24) is 9.80 Å². The van der Waals surface area contributed by atoms with E-state index >= 15 is 0 Å². The lowest BCUT2D eigenvalue weighted by Crippen LogP contribution is -2.48. The largest absolute Gasteiger partial charge is 0.480 e. The van der Waals surface area contributed by atoms with Gasteiger partial charge in [0.2, 0.25) is 0 Å². The fourth-order valence-corrected chi connectivity index (χ4v) is 3.28. The summed E-state index contributed by atoms with van der Waals surface area (Å²) in [4.78, 5) is 39.8. The monoisotopic (exact) mass is 368 g/mol. The second-order valence-corrected chi connectivity index (χ2v) is 6.26. The minimum absolute atomic E-state index is 0.0927. The van der Waals surface area contributed by atoms with Crippen molar-refractivity contribution in [2.24, 2.45) is 0 Å². The Morgan fingerprint density at radius 1 is 0.889 bits per heavy atom. The average Bonchev–Trinajstić information content (AvgIpc) is 2.95. The highest BCUT2D eigenvalue weighted by Gasteiger charge is 2.53. The molecule has 0 radical (unpaired) electrons. The number of carbonyl (C=O) groups excluding carboxylic acids is 2. The van der Waals surface area contributed by atoms with E-state index in [1.165, 1.54) is 16.9 Å². The fourth-order valence-electron chi connectivity index (χ4n) is 3.28. The maximum absolute atomic E-state index is 13.0. The van der Waals surface area contributed by atoms with Crippen LogP contribution in [0.1, 0.15) is 11.1 Å². The molecule has 0 spiro atoms. The highest BCUT2D eigenvalue weighted by Crippen LogP contribution is 2.28. The number of amides is 2. The summed E-state index contributed by atoms with van der Waals surface area (Å²) >= 11 is 0. The number of hydrogen-bond acceptors (Lipinski definition) is 4. The third-order valence-electron chi connectivity index (χ3n) is 4.55. The lowest BCUT2D eigenvalue weighted by atomic mass is 10.1. The molecular weight excluding hydrogens is 348 g/mol. The van der Waals surface area contributed by atoms with E-state index in [2.05, 4.69) is 0 Å². The van der Waals surface area contributed by atoms with Crippen LogP contribution in [0.15, 0.2) is 60.7 Å². The van der Waals surface area contributed by atoms with Gasteiger partial charge >= 0.3 is 18.0 Å². The van der Waals surface area contributed by atoms with Crippen LogP contribution >= 0.6 is 0 Å². The molecule has 0 saturated carbocycles. The van der Waals surface area contributed by atoms with Gasteiger partial charge < -0.3 is 19.6 Å². The number of nitrogens with zero attached hydrogens (tertiary/aromatic N) is 2. The molecule has 0 unspecified atom stereocenters. The van der Waals surface area contributed by atoms with Gasteiger partial charge in [0.25, 0.3) is 0 Å². The summed E-state index contributed by atoms with van der Waals surface area (Å²) in [5.74, 6) is -1.99. The average molecular weight is 368 g/mol. The number of ether oxygens (including phenoxy) is 1. The van der Waals surface area contributed by atoms with Crippen LogP contribution in [-0.2, 0) is 27.4 Å². The van der Waals surface area contributed by atoms with Crippen molar-refractivity contribution in [3.63, 3.8) is 0 Å².